The summed E-state index contributed by atoms with van der Waals surface area (Å²) in [7, 11) is 1.62. The van der Waals surface area contributed by atoms with Crippen molar-refractivity contribution in [3.63, 3.8) is 0 Å². The van der Waals surface area contributed by atoms with Crippen LogP contribution in [0.4, 0.5) is 0 Å². The lowest BCUT2D eigenvalue weighted by Gasteiger charge is -2.10. The minimum absolute atomic E-state index is 0.150. The molecule has 1 heterocycles. The van der Waals surface area contributed by atoms with E-state index in [0.29, 0.717) is 12.0 Å². The van der Waals surface area contributed by atoms with Crippen LogP contribution in [-0.4, -0.2) is 31.5 Å². The topological polar surface area (TPSA) is 57.1 Å². The van der Waals surface area contributed by atoms with Crippen LogP contribution >= 0.6 is 15.9 Å². The summed E-state index contributed by atoms with van der Waals surface area (Å²) in [4.78, 5) is 17.4. The molecule has 0 saturated carbocycles. The van der Waals surface area contributed by atoms with Gasteiger partial charge < -0.3 is 14.3 Å². The van der Waals surface area contributed by atoms with Crippen LogP contribution in [0.5, 0.6) is 5.75 Å². The van der Waals surface area contributed by atoms with Crippen molar-refractivity contribution in [2.75, 3.05) is 13.7 Å². The first-order valence-electron chi connectivity index (χ1n) is 7.46. The molecule has 1 aliphatic rings. The average molecular weight is 390 g/mol. The van der Waals surface area contributed by atoms with Gasteiger partial charge in [0.1, 0.15) is 12.4 Å². The molecule has 0 fully saturated rings. The van der Waals surface area contributed by atoms with E-state index >= 15 is 0 Å². The van der Waals surface area contributed by atoms with Gasteiger partial charge in [-0.05, 0) is 36.4 Å². The van der Waals surface area contributed by atoms with Crippen molar-refractivity contribution in [3.05, 3.63) is 64.1 Å². The fraction of sp³-hybridized carbons (Fsp3) is 0.222. The maximum Gasteiger partial charge on any atom is 0.338 e. The highest BCUT2D eigenvalue weighted by atomic mass is 79.9. The molecule has 124 valence electrons. The largest absolute Gasteiger partial charge is 0.496 e. The van der Waals surface area contributed by atoms with Crippen molar-refractivity contribution < 1.29 is 19.1 Å². The first-order valence-corrected chi connectivity index (χ1v) is 8.25. The Balaban J connectivity index is 1.56. The number of rotatable bonds is 5. The van der Waals surface area contributed by atoms with Crippen molar-refractivity contribution >= 4 is 27.6 Å². The molecule has 2 aromatic carbocycles. The van der Waals surface area contributed by atoms with Crippen LogP contribution in [0.1, 0.15) is 22.3 Å². The van der Waals surface area contributed by atoms with E-state index in [4.69, 9.17) is 14.3 Å². The van der Waals surface area contributed by atoms with Gasteiger partial charge >= 0.3 is 5.97 Å². The number of hydrogen-bond donors (Lipinski definition) is 0. The summed E-state index contributed by atoms with van der Waals surface area (Å²) >= 11 is 3.33. The number of nitrogens with zero attached hydrogens (tertiary/aromatic N) is 1. The minimum Gasteiger partial charge on any atom is -0.496 e. The lowest BCUT2D eigenvalue weighted by Crippen LogP contribution is -2.19. The normalized spacial score (nSPS) is 16.2. The fourth-order valence-electron chi connectivity index (χ4n) is 2.40. The summed E-state index contributed by atoms with van der Waals surface area (Å²) < 4.78 is 11.6. The maximum absolute atomic E-state index is 12.0. The van der Waals surface area contributed by atoms with E-state index in [-0.39, 0.29) is 18.7 Å². The summed E-state index contributed by atoms with van der Waals surface area (Å²) in [6.07, 6.45) is 0.276. The molecule has 1 aliphatic heterocycles. The lowest BCUT2D eigenvalue weighted by atomic mass is 10.0. The van der Waals surface area contributed by atoms with E-state index in [1.54, 1.807) is 31.4 Å². The third kappa shape index (κ3) is 3.76. The van der Waals surface area contributed by atoms with Gasteiger partial charge in [-0.1, -0.05) is 33.2 Å². The Morgan fingerprint density at radius 2 is 2.00 bits per heavy atom. The Labute approximate surface area is 148 Å². The van der Waals surface area contributed by atoms with E-state index in [2.05, 4.69) is 21.1 Å². The molecule has 0 saturated heterocycles. The molecule has 0 radical (unpaired) electrons. The SMILES string of the molecule is COc1ccccc1C1=NO[C@@H](COC(=O)c2ccc(Br)cc2)C1. The molecule has 2 aromatic rings. The molecule has 0 aromatic heterocycles. The van der Waals surface area contributed by atoms with Crippen LogP contribution in [0.15, 0.2) is 58.2 Å². The molecule has 0 spiro atoms. The number of methoxy groups -OCH3 is 1. The molecule has 6 heteroatoms. The van der Waals surface area contributed by atoms with Crippen LogP contribution in [0, 0.1) is 0 Å². The highest BCUT2D eigenvalue weighted by Gasteiger charge is 2.25. The minimum atomic E-state index is -0.378. The predicted octanol–water partition coefficient (Wildman–Crippen LogP) is 3.81. The van der Waals surface area contributed by atoms with Crippen molar-refractivity contribution in [3.8, 4) is 5.75 Å². The van der Waals surface area contributed by atoms with Gasteiger partial charge in [-0.2, -0.15) is 0 Å². The van der Waals surface area contributed by atoms with Crippen molar-refractivity contribution in [2.24, 2.45) is 5.16 Å². The second-order valence-electron chi connectivity index (χ2n) is 5.28. The average Bonchev–Trinajstić information content (AvgIpc) is 3.09. The summed E-state index contributed by atoms with van der Waals surface area (Å²) in [5.41, 5.74) is 2.18. The molecule has 24 heavy (non-hydrogen) atoms. The molecule has 0 bridgehead atoms. The van der Waals surface area contributed by atoms with Crippen molar-refractivity contribution in [2.45, 2.75) is 12.5 Å². The third-order valence-corrected chi connectivity index (χ3v) is 4.16. The number of ether oxygens (including phenoxy) is 2. The fourth-order valence-corrected chi connectivity index (χ4v) is 2.66. The Bertz CT molecular complexity index is 758. The van der Waals surface area contributed by atoms with Crippen LogP contribution < -0.4 is 4.74 Å². The molecule has 1 atom stereocenters. The third-order valence-electron chi connectivity index (χ3n) is 3.63. The molecule has 0 amide bonds. The Morgan fingerprint density at radius 3 is 2.75 bits per heavy atom. The summed E-state index contributed by atoms with van der Waals surface area (Å²) in [6.45, 7) is 0.150. The predicted molar refractivity (Wildman–Crippen MR) is 93.4 cm³/mol. The summed E-state index contributed by atoms with van der Waals surface area (Å²) in [5.74, 6) is 0.365. The van der Waals surface area contributed by atoms with Crippen molar-refractivity contribution in [1.29, 1.82) is 0 Å². The zero-order chi connectivity index (χ0) is 16.9. The molecular weight excluding hydrogens is 374 g/mol. The quantitative estimate of drug-likeness (QED) is 0.729. The lowest BCUT2D eigenvalue weighted by molar-refractivity contribution is 0.00686. The van der Waals surface area contributed by atoms with Gasteiger partial charge in [-0.25, -0.2) is 4.79 Å². The summed E-state index contributed by atoms with van der Waals surface area (Å²) in [5, 5.41) is 4.10. The molecule has 3 rings (SSSR count). The Morgan fingerprint density at radius 1 is 1.25 bits per heavy atom. The number of halogens is 1. The second-order valence-corrected chi connectivity index (χ2v) is 6.19. The highest BCUT2D eigenvalue weighted by Crippen LogP contribution is 2.24. The number of carbonyl (C=O) groups excluding carboxylic acids is 1. The van der Waals surface area contributed by atoms with E-state index in [0.717, 1.165) is 21.5 Å². The first-order chi connectivity index (χ1) is 11.7. The molecule has 0 N–H and O–H groups in total. The zero-order valence-corrected chi connectivity index (χ0v) is 14.7. The van der Waals surface area contributed by atoms with Crippen LogP contribution in [0.2, 0.25) is 0 Å². The van der Waals surface area contributed by atoms with E-state index in [1.165, 1.54) is 0 Å². The first kappa shape index (κ1) is 16.5. The van der Waals surface area contributed by atoms with Crippen molar-refractivity contribution in [1.82, 2.24) is 0 Å². The van der Waals surface area contributed by atoms with Gasteiger partial charge in [0.25, 0.3) is 0 Å². The maximum atomic E-state index is 12.0. The van der Waals surface area contributed by atoms with Gasteiger partial charge in [-0.15, -0.1) is 0 Å². The highest BCUT2D eigenvalue weighted by molar-refractivity contribution is 9.10. The van der Waals surface area contributed by atoms with Gasteiger partial charge in [0.15, 0.2) is 6.10 Å². The molecule has 0 aliphatic carbocycles. The van der Waals surface area contributed by atoms with Gasteiger partial charge in [-0.3, -0.25) is 0 Å². The second kappa shape index (κ2) is 7.49. The van der Waals surface area contributed by atoms with Gasteiger partial charge in [0.2, 0.25) is 0 Å². The monoisotopic (exact) mass is 389 g/mol. The number of benzene rings is 2. The number of hydrogen-bond acceptors (Lipinski definition) is 5. The summed E-state index contributed by atoms with van der Waals surface area (Å²) in [6, 6.07) is 14.6. The van der Waals surface area contributed by atoms with Gasteiger partial charge in [0, 0.05) is 16.5 Å². The van der Waals surface area contributed by atoms with E-state index < -0.39 is 0 Å². The Kier molecular flexibility index (Phi) is 5.15. The van der Waals surface area contributed by atoms with E-state index in [9.17, 15) is 4.79 Å². The van der Waals surface area contributed by atoms with E-state index in [1.807, 2.05) is 24.3 Å². The number of oxime groups is 1. The number of para-hydroxylation sites is 1. The molecule has 0 unspecified atom stereocenters. The molecule has 5 nitrogen and oxygen atoms in total. The number of carbonyl (C=O) groups is 1. The standard InChI is InChI=1S/C18H16BrNO4/c1-22-17-5-3-2-4-15(17)16-10-14(24-20-16)11-23-18(21)12-6-8-13(19)9-7-12/h2-9,14H,10-11H2,1H3/t14-/m1/s1. The number of esters is 1. The molecular formula is C18H16BrNO4. The smallest absolute Gasteiger partial charge is 0.338 e. The van der Waals surface area contributed by atoms with Crippen LogP contribution in [-0.2, 0) is 9.57 Å². The Hall–Kier alpha value is -2.34. The van der Waals surface area contributed by atoms with Crippen LogP contribution in [0.3, 0.4) is 0 Å². The van der Waals surface area contributed by atoms with Gasteiger partial charge in [0.05, 0.1) is 18.4 Å². The zero-order valence-electron chi connectivity index (χ0n) is 13.1. The van der Waals surface area contributed by atoms with Crippen LogP contribution in [0.25, 0.3) is 0 Å².